The molecule has 7 nitrogen and oxygen atoms in total. The number of carbonyl (C=O) groups is 1. The Hall–Kier alpha value is -3.07. The van der Waals surface area contributed by atoms with Crippen LogP contribution in [0.1, 0.15) is 27.6 Å². The molecule has 24 heavy (non-hydrogen) atoms. The molecule has 0 bridgehead atoms. The van der Waals surface area contributed by atoms with Gasteiger partial charge in [-0.05, 0) is 12.1 Å². The lowest BCUT2D eigenvalue weighted by Crippen LogP contribution is -2.16. The zero-order chi connectivity index (χ0) is 17.4. The van der Waals surface area contributed by atoms with Crippen LogP contribution in [0.25, 0.3) is 11.0 Å². The molecule has 3 rings (SSSR count). The zero-order valence-corrected chi connectivity index (χ0v) is 12.4. The number of aromatic amines is 1. The van der Waals surface area contributed by atoms with Crippen molar-refractivity contribution in [1.29, 1.82) is 0 Å². The van der Waals surface area contributed by atoms with Gasteiger partial charge < -0.3 is 20.6 Å². The fourth-order valence-electron chi connectivity index (χ4n) is 2.49. The lowest BCUT2D eigenvalue weighted by atomic mass is 9.98. The second-order valence-electron chi connectivity index (χ2n) is 4.94. The van der Waals surface area contributed by atoms with Crippen molar-refractivity contribution in [1.82, 2.24) is 15.0 Å². The molecule has 9 heteroatoms. The summed E-state index contributed by atoms with van der Waals surface area (Å²) in [6.07, 6.45) is 0.850. The number of halogens is 2. The largest absolute Gasteiger partial charge is 0.480 e. The van der Waals surface area contributed by atoms with Crippen molar-refractivity contribution in [2.24, 2.45) is 5.73 Å². The summed E-state index contributed by atoms with van der Waals surface area (Å²) >= 11 is 0. The topological polar surface area (TPSA) is 114 Å². The van der Waals surface area contributed by atoms with Crippen LogP contribution >= 0.6 is 0 Å². The lowest BCUT2D eigenvalue weighted by molar-refractivity contribution is 0.0995. The Bertz CT molecular complexity index is 942. The standard InChI is InChI=1S/C15H12F2N4O3/c1-24-15-9-7(4-19-14(9)20-5-21-15)12(22)10-8(16)3-2-6(11(10)17)13(18)23/h2-5,12,22H,1H3,(H2,18,23)(H,19,20,21). The third kappa shape index (κ3) is 2.35. The van der Waals surface area contributed by atoms with Crippen LogP contribution in [0.3, 0.4) is 0 Å². The number of hydrogen-bond acceptors (Lipinski definition) is 5. The highest BCUT2D eigenvalue weighted by molar-refractivity contribution is 5.93. The van der Waals surface area contributed by atoms with Crippen molar-refractivity contribution in [3.8, 4) is 5.88 Å². The van der Waals surface area contributed by atoms with Crippen LogP contribution in [-0.4, -0.2) is 33.1 Å². The molecule has 0 aliphatic carbocycles. The molecule has 1 unspecified atom stereocenters. The molecule has 4 N–H and O–H groups in total. The van der Waals surface area contributed by atoms with E-state index in [1.165, 1.54) is 19.6 Å². The number of hydrogen-bond donors (Lipinski definition) is 3. The summed E-state index contributed by atoms with van der Waals surface area (Å²) in [6, 6.07) is 1.78. The number of ether oxygens (including phenoxy) is 1. The molecular formula is C15H12F2N4O3. The number of primary amides is 1. The Kier molecular flexibility index (Phi) is 3.86. The number of nitrogens with one attached hydrogen (secondary N) is 1. The quantitative estimate of drug-likeness (QED) is 0.668. The van der Waals surface area contributed by atoms with E-state index in [9.17, 15) is 18.7 Å². The molecule has 3 aromatic rings. The van der Waals surface area contributed by atoms with Crippen LogP contribution < -0.4 is 10.5 Å². The monoisotopic (exact) mass is 334 g/mol. The number of aromatic nitrogens is 3. The molecule has 0 spiro atoms. The summed E-state index contributed by atoms with van der Waals surface area (Å²) in [5.41, 5.74) is 4.26. The van der Waals surface area contributed by atoms with Crippen molar-refractivity contribution in [3.63, 3.8) is 0 Å². The van der Waals surface area contributed by atoms with Crippen LogP contribution in [0.15, 0.2) is 24.7 Å². The van der Waals surface area contributed by atoms with Gasteiger partial charge in [-0.3, -0.25) is 4.79 Å². The maximum atomic E-state index is 14.4. The van der Waals surface area contributed by atoms with Crippen LogP contribution in [0, 0.1) is 11.6 Å². The number of fused-ring (bicyclic) bond motifs is 1. The van der Waals surface area contributed by atoms with Gasteiger partial charge in [-0.2, -0.15) is 0 Å². The SMILES string of the molecule is COc1ncnc2[nH]cc(C(O)c3c(F)ccc(C(N)=O)c3F)c12. The minimum Gasteiger partial charge on any atom is -0.480 e. The first-order valence-electron chi connectivity index (χ1n) is 6.77. The summed E-state index contributed by atoms with van der Waals surface area (Å²) in [4.78, 5) is 21.9. The fourth-order valence-corrected chi connectivity index (χ4v) is 2.49. The number of benzene rings is 1. The molecule has 0 radical (unpaired) electrons. The van der Waals surface area contributed by atoms with Crippen LogP contribution in [0.2, 0.25) is 0 Å². The van der Waals surface area contributed by atoms with Gasteiger partial charge >= 0.3 is 0 Å². The molecule has 0 saturated heterocycles. The Balaban J connectivity index is 2.22. The van der Waals surface area contributed by atoms with Crippen molar-refractivity contribution in [3.05, 3.63) is 53.0 Å². The number of aliphatic hydroxyl groups is 1. The number of nitrogens with zero attached hydrogens (tertiary/aromatic N) is 2. The predicted octanol–water partition coefficient (Wildman–Crippen LogP) is 1.43. The van der Waals surface area contributed by atoms with Crippen molar-refractivity contribution >= 4 is 16.9 Å². The van der Waals surface area contributed by atoms with E-state index in [2.05, 4.69) is 15.0 Å². The fraction of sp³-hybridized carbons (Fsp3) is 0.133. The second kappa shape index (κ2) is 5.85. The maximum Gasteiger partial charge on any atom is 0.251 e. The third-order valence-electron chi connectivity index (χ3n) is 3.62. The molecule has 1 amide bonds. The molecule has 1 atom stereocenters. The van der Waals surface area contributed by atoms with Crippen molar-refractivity contribution in [2.45, 2.75) is 6.10 Å². The smallest absolute Gasteiger partial charge is 0.251 e. The lowest BCUT2D eigenvalue weighted by Gasteiger charge is -2.14. The van der Waals surface area contributed by atoms with E-state index < -0.39 is 34.8 Å². The molecule has 0 aliphatic rings. The summed E-state index contributed by atoms with van der Waals surface area (Å²) in [6.45, 7) is 0. The van der Waals surface area contributed by atoms with Crippen LogP contribution in [0.5, 0.6) is 5.88 Å². The van der Waals surface area contributed by atoms with E-state index in [0.29, 0.717) is 5.65 Å². The minimum absolute atomic E-state index is 0.0990. The minimum atomic E-state index is -1.72. The summed E-state index contributed by atoms with van der Waals surface area (Å²) in [5, 5.41) is 10.8. The van der Waals surface area contributed by atoms with E-state index in [0.717, 1.165) is 12.1 Å². The number of methoxy groups -OCH3 is 1. The van der Waals surface area contributed by atoms with E-state index in [1.54, 1.807) is 0 Å². The average Bonchev–Trinajstić information content (AvgIpc) is 2.98. The number of nitrogens with two attached hydrogens (primary N) is 1. The first-order valence-corrected chi connectivity index (χ1v) is 6.77. The number of aliphatic hydroxyl groups excluding tert-OH is 1. The van der Waals surface area contributed by atoms with E-state index in [1.807, 2.05) is 0 Å². The van der Waals surface area contributed by atoms with Gasteiger partial charge in [0.25, 0.3) is 5.91 Å². The second-order valence-corrected chi connectivity index (χ2v) is 4.94. The van der Waals surface area contributed by atoms with Crippen LogP contribution in [0.4, 0.5) is 8.78 Å². The highest BCUT2D eigenvalue weighted by Gasteiger charge is 2.27. The molecule has 1 aromatic carbocycles. The number of amides is 1. The number of carbonyl (C=O) groups excluding carboxylic acids is 1. The van der Waals surface area contributed by atoms with Gasteiger partial charge in [-0.1, -0.05) is 0 Å². The molecule has 0 saturated carbocycles. The maximum absolute atomic E-state index is 14.4. The Morgan fingerprint density at radius 1 is 1.38 bits per heavy atom. The van der Waals surface area contributed by atoms with Crippen molar-refractivity contribution < 1.29 is 23.4 Å². The number of rotatable bonds is 4. The van der Waals surface area contributed by atoms with E-state index in [4.69, 9.17) is 10.5 Å². The van der Waals surface area contributed by atoms with Gasteiger partial charge in [0.2, 0.25) is 5.88 Å². The van der Waals surface area contributed by atoms with Crippen molar-refractivity contribution in [2.75, 3.05) is 7.11 Å². The molecule has 2 heterocycles. The predicted molar refractivity (Wildman–Crippen MR) is 79.4 cm³/mol. The first kappa shape index (κ1) is 15.8. The summed E-state index contributed by atoms with van der Waals surface area (Å²) < 4.78 is 33.6. The molecule has 0 aliphatic heterocycles. The molecular weight excluding hydrogens is 322 g/mol. The van der Waals surface area contributed by atoms with Gasteiger partial charge in [-0.15, -0.1) is 0 Å². The zero-order valence-electron chi connectivity index (χ0n) is 12.4. The van der Waals surface area contributed by atoms with Gasteiger partial charge in [0.15, 0.2) is 0 Å². The van der Waals surface area contributed by atoms with Crippen LogP contribution in [-0.2, 0) is 0 Å². The van der Waals surface area contributed by atoms with Gasteiger partial charge in [0.1, 0.15) is 29.7 Å². The van der Waals surface area contributed by atoms with E-state index >= 15 is 0 Å². The third-order valence-corrected chi connectivity index (χ3v) is 3.62. The van der Waals surface area contributed by atoms with Gasteiger partial charge in [0.05, 0.1) is 23.6 Å². The molecule has 0 fully saturated rings. The Morgan fingerprint density at radius 2 is 2.12 bits per heavy atom. The highest BCUT2D eigenvalue weighted by atomic mass is 19.1. The summed E-state index contributed by atoms with van der Waals surface area (Å²) in [7, 11) is 1.36. The Labute approximate surface area is 134 Å². The Morgan fingerprint density at radius 3 is 2.79 bits per heavy atom. The van der Waals surface area contributed by atoms with Gasteiger partial charge in [-0.25, -0.2) is 18.7 Å². The molecule has 124 valence electrons. The van der Waals surface area contributed by atoms with E-state index in [-0.39, 0.29) is 16.8 Å². The van der Waals surface area contributed by atoms with Gasteiger partial charge in [0, 0.05) is 11.8 Å². The normalized spacial score (nSPS) is 12.3. The summed E-state index contributed by atoms with van der Waals surface area (Å²) in [5.74, 6) is -3.18. The highest BCUT2D eigenvalue weighted by Crippen LogP contribution is 2.35. The molecule has 2 aromatic heterocycles. The average molecular weight is 334 g/mol. The number of H-pyrrole nitrogens is 1. The first-order chi connectivity index (χ1) is 11.5.